The predicted octanol–water partition coefficient (Wildman–Crippen LogP) is 2.83. The maximum atomic E-state index is 6.00. The van der Waals surface area contributed by atoms with Gasteiger partial charge >= 0.3 is 0 Å². The lowest BCUT2D eigenvalue weighted by Crippen LogP contribution is -2.30. The molecule has 3 heteroatoms. The standard InChI is InChI=1S/C17H23N3/c1-13-8-14(2)10-15(9-13)17(11-18)20(3)12-16-6-4-5-7-19-16/h4-10,17H,11-12,18H2,1-3H3. The largest absolute Gasteiger partial charge is 0.329 e. The van der Waals surface area contributed by atoms with Crippen molar-refractivity contribution in [2.24, 2.45) is 5.73 Å². The van der Waals surface area contributed by atoms with E-state index in [1.165, 1.54) is 16.7 Å². The number of likely N-dealkylation sites (N-methyl/N-ethyl adjacent to an activating group) is 1. The molecule has 0 aliphatic rings. The van der Waals surface area contributed by atoms with Crippen LogP contribution in [0.3, 0.4) is 0 Å². The molecule has 0 bridgehead atoms. The number of aryl methyl sites for hydroxylation is 2. The summed E-state index contributed by atoms with van der Waals surface area (Å²) in [5.74, 6) is 0. The molecule has 0 radical (unpaired) electrons. The molecule has 2 N–H and O–H groups in total. The second-order valence-corrected chi connectivity index (χ2v) is 5.41. The second kappa shape index (κ2) is 6.64. The van der Waals surface area contributed by atoms with E-state index in [0.29, 0.717) is 6.54 Å². The Morgan fingerprint density at radius 3 is 2.40 bits per heavy atom. The number of hydrogen-bond acceptors (Lipinski definition) is 3. The summed E-state index contributed by atoms with van der Waals surface area (Å²) >= 11 is 0. The lowest BCUT2D eigenvalue weighted by molar-refractivity contribution is 0.239. The van der Waals surface area contributed by atoms with E-state index in [1.807, 2.05) is 24.4 Å². The van der Waals surface area contributed by atoms with Gasteiger partial charge < -0.3 is 5.73 Å². The van der Waals surface area contributed by atoms with Crippen molar-refractivity contribution in [1.29, 1.82) is 0 Å². The fourth-order valence-electron chi connectivity index (χ4n) is 2.63. The molecule has 0 saturated carbocycles. The molecule has 1 unspecified atom stereocenters. The normalized spacial score (nSPS) is 12.7. The van der Waals surface area contributed by atoms with Crippen molar-refractivity contribution in [2.45, 2.75) is 26.4 Å². The Bertz CT molecular complexity index is 531. The Morgan fingerprint density at radius 2 is 1.85 bits per heavy atom. The van der Waals surface area contributed by atoms with E-state index < -0.39 is 0 Å². The quantitative estimate of drug-likeness (QED) is 0.907. The third-order valence-electron chi connectivity index (χ3n) is 3.52. The van der Waals surface area contributed by atoms with E-state index in [0.717, 1.165) is 12.2 Å². The molecule has 0 saturated heterocycles. The smallest absolute Gasteiger partial charge is 0.0544 e. The first kappa shape index (κ1) is 14.7. The van der Waals surface area contributed by atoms with Crippen LogP contribution in [0.5, 0.6) is 0 Å². The summed E-state index contributed by atoms with van der Waals surface area (Å²) in [6.45, 7) is 5.66. The van der Waals surface area contributed by atoms with E-state index in [4.69, 9.17) is 5.73 Å². The minimum atomic E-state index is 0.218. The molecule has 1 atom stereocenters. The van der Waals surface area contributed by atoms with Gasteiger partial charge in [-0.1, -0.05) is 35.4 Å². The number of pyridine rings is 1. The molecule has 1 heterocycles. The van der Waals surface area contributed by atoms with Gasteiger partial charge in [0.05, 0.1) is 5.69 Å². The van der Waals surface area contributed by atoms with Crippen molar-refractivity contribution in [2.75, 3.05) is 13.6 Å². The minimum absolute atomic E-state index is 0.218. The maximum absolute atomic E-state index is 6.00. The Hall–Kier alpha value is -1.71. The highest BCUT2D eigenvalue weighted by Gasteiger charge is 2.16. The molecule has 0 aliphatic carbocycles. The van der Waals surface area contributed by atoms with Crippen molar-refractivity contribution < 1.29 is 0 Å². The second-order valence-electron chi connectivity index (χ2n) is 5.41. The summed E-state index contributed by atoms with van der Waals surface area (Å²) in [5.41, 5.74) is 10.9. The fraction of sp³-hybridized carbons (Fsp3) is 0.353. The third kappa shape index (κ3) is 3.65. The van der Waals surface area contributed by atoms with Crippen LogP contribution in [0, 0.1) is 13.8 Å². The van der Waals surface area contributed by atoms with Gasteiger partial charge in [0.2, 0.25) is 0 Å². The van der Waals surface area contributed by atoms with Gasteiger partial charge in [-0.05, 0) is 38.6 Å². The topological polar surface area (TPSA) is 42.1 Å². The van der Waals surface area contributed by atoms with E-state index in [2.05, 4.69) is 49.0 Å². The summed E-state index contributed by atoms with van der Waals surface area (Å²) in [4.78, 5) is 6.64. The van der Waals surface area contributed by atoms with Crippen LogP contribution in [0.1, 0.15) is 28.4 Å². The van der Waals surface area contributed by atoms with Gasteiger partial charge in [0.1, 0.15) is 0 Å². The summed E-state index contributed by atoms with van der Waals surface area (Å²) < 4.78 is 0. The van der Waals surface area contributed by atoms with Crippen molar-refractivity contribution in [3.05, 3.63) is 65.0 Å². The molecule has 20 heavy (non-hydrogen) atoms. The molecule has 0 aliphatic heterocycles. The van der Waals surface area contributed by atoms with Crippen LogP contribution < -0.4 is 5.73 Å². The van der Waals surface area contributed by atoms with Crippen LogP contribution >= 0.6 is 0 Å². The Labute approximate surface area is 121 Å². The summed E-state index contributed by atoms with van der Waals surface area (Å²) in [7, 11) is 2.10. The first-order valence-electron chi connectivity index (χ1n) is 6.98. The van der Waals surface area contributed by atoms with Gasteiger partial charge in [0, 0.05) is 25.3 Å². The van der Waals surface area contributed by atoms with E-state index in [9.17, 15) is 0 Å². The highest BCUT2D eigenvalue weighted by atomic mass is 15.1. The molecule has 0 spiro atoms. The molecule has 2 rings (SSSR count). The number of benzene rings is 1. The fourth-order valence-corrected chi connectivity index (χ4v) is 2.63. The average molecular weight is 269 g/mol. The number of aromatic nitrogens is 1. The number of rotatable bonds is 5. The van der Waals surface area contributed by atoms with Gasteiger partial charge in [-0.25, -0.2) is 0 Å². The van der Waals surface area contributed by atoms with Gasteiger partial charge in [-0.15, -0.1) is 0 Å². The van der Waals surface area contributed by atoms with Crippen LogP contribution in [0.4, 0.5) is 0 Å². The van der Waals surface area contributed by atoms with Gasteiger partial charge in [0.15, 0.2) is 0 Å². The number of nitrogens with zero attached hydrogens (tertiary/aromatic N) is 2. The monoisotopic (exact) mass is 269 g/mol. The Kier molecular flexibility index (Phi) is 4.88. The van der Waals surface area contributed by atoms with E-state index in [1.54, 1.807) is 0 Å². The molecule has 106 valence electrons. The van der Waals surface area contributed by atoms with Crippen LogP contribution in [-0.2, 0) is 6.54 Å². The predicted molar refractivity (Wildman–Crippen MR) is 83.4 cm³/mol. The zero-order valence-electron chi connectivity index (χ0n) is 12.5. The summed E-state index contributed by atoms with van der Waals surface area (Å²) in [5, 5.41) is 0. The first-order chi connectivity index (χ1) is 9.60. The molecule has 1 aromatic carbocycles. The zero-order chi connectivity index (χ0) is 14.5. The van der Waals surface area contributed by atoms with Crippen LogP contribution in [0.15, 0.2) is 42.6 Å². The third-order valence-corrected chi connectivity index (χ3v) is 3.52. The molecule has 0 amide bonds. The van der Waals surface area contributed by atoms with Gasteiger partial charge in [-0.2, -0.15) is 0 Å². The molecule has 0 fully saturated rings. The summed E-state index contributed by atoms with van der Waals surface area (Å²) in [6, 6.07) is 12.9. The van der Waals surface area contributed by atoms with E-state index in [-0.39, 0.29) is 6.04 Å². The molecular formula is C17H23N3. The van der Waals surface area contributed by atoms with Gasteiger partial charge in [0.25, 0.3) is 0 Å². The van der Waals surface area contributed by atoms with Crippen molar-refractivity contribution >= 4 is 0 Å². The first-order valence-corrected chi connectivity index (χ1v) is 6.98. The Morgan fingerprint density at radius 1 is 1.15 bits per heavy atom. The molecule has 3 nitrogen and oxygen atoms in total. The Balaban J connectivity index is 2.18. The van der Waals surface area contributed by atoms with Crippen molar-refractivity contribution in [3.63, 3.8) is 0 Å². The van der Waals surface area contributed by atoms with Crippen LogP contribution in [0.25, 0.3) is 0 Å². The molecule has 2 aromatic rings. The zero-order valence-corrected chi connectivity index (χ0v) is 12.5. The SMILES string of the molecule is Cc1cc(C)cc(C(CN)N(C)Cc2ccccn2)c1. The molecule has 1 aromatic heterocycles. The van der Waals surface area contributed by atoms with Crippen LogP contribution in [0.2, 0.25) is 0 Å². The number of hydrogen-bond donors (Lipinski definition) is 1. The number of nitrogens with two attached hydrogens (primary N) is 1. The highest BCUT2D eigenvalue weighted by molar-refractivity contribution is 5.31. The van der Waals surface area contributed by atoms with E-state index >= 15 is 0 Å². The lowest BCUT2D eigenvalue weighted by Gasteiger charge is -2.27. The average Bonchev–Trinajstić information content (AvgIpc) is 2.39. The van der Waals surface area contributed by atoms with Crippen molar-refractivity contribution in [1.82, 2.24) is 9.88 Å². The van der Waals surface area contributed by atoms with Crippen molar-refractivity contribution in [3.8, 4) is 0 Å². The maximum Gasteiger partial charge on any atom is 0.0544 e. The lowest BCUT2D eigenvalue weighted by atomic mass is 10.0. The summed E-state index contributed by atoms with van der Waals surface area (Å²) in [6.07, 6.45) is 1.83. The van der Waals surface area contributed by atoms with Crippen LogP contribution in [-0.4, -0.2) is 23.5 Å². The minimum Gasteiger partial charge on any atom is -0.329 e. The van der Waals surface area contributed by atoms with Gasteiger partial charge in [-0.3, -0.25) is 9.88 Å². The molecular weight excluding hydrogens is 246 g/mol. The highest BCUT2D eigenvalue weighted by Crippen LogP contribution is 2.22.